The minimum absolute atomic E-state index is 0.0692. The fourth-order valence-electron chi connectivity index (χ4n) is 1.31. The van der Waals surface area contributed by atoms with Gasteiger partial charge >= 0.3 is 0 Å². The summed E-state index contributed by atoms with van der Waals surface area (Å²) in [6.45, 7) is 10.0. The Morgan fingerprint density at radius 2 is 1.74 bits per heavy atom. The molecule has 1 N–H and O–H groups in total. The van der Waals surface area contributed by atoms with Crippen LogP contribution in [0.1, 0.15) is 40.2 Å². The molecule has 0 aliphatic rings. The van der Waals surface area contributed by atoms with Gasteiger partial charge in [0.25, 0.3) is 0 Å². The van der Waals surface area contributed by atoms with Crippen molar-refractivity contribution in [3.63, 3.8) is 0 Å². The summed E-state index contributed by atoms with van der Waals surface area (Å²) in [5.74, 6) is 6.63. The minimum atomic E-state index is -1.10. The van der Waals surface area contributed by atoms with Crippen molar-refractivity contribution in [2.24, 2.45) is 5.92 Å². The average Bonchev–Trinajstić information content (AvgIpc) is 2.33. The molecule has 0 saturated heterocycles. The lowest BCUT2D eigenvalue weighted by atomic mass is 10.1. The summed E-state index contributed by atoms with van der Waals surface area (Å²) < 4.78 is 15.0. The van der Waals surface area contributed by atoms with Gasteiger partial charge in [-0.2, -0.15) is 0 Å². The van der Waals surface area contributed by atoms with Gasteiger partial charge < -0.3 is 0 Å². The summed E-state index contributed by atoms with van der Waals surface area (Å²) in [7, 11) is -1.10. The van der Waals surface area contributed by atoms with E-state index in [1.165, 1.54) is 0 Å². The van der Waals surface area contributed by atoms with Crippen LogP contribution in [-0.4, -0.2) is 15.0 Å². The molecule has 19 heavy (non-hydrogen) atoms. The van der Waals surface area contributed by atoms with Crippen LogP contribution < -0.4 is 4.72 Å². The van der Waals surface area contributed by atoms with Gasteiger partial charge in [-0.3, -0.25) is 0 Å². The Labute approximate surface area is 119 Å². The van der Waals surface area contributed by atoms with E-state index in [0.29, 0.717) is 5.92 Å². The first-order chi connectivity index (χ1) is 8.80. The number of nitrogens with one attached hydrogen (secondary N) is 1. The molecule has 0 unspecified atom stereocenters. The minimum Gasteiger partial charge on any atom is -0.242 e. The summed E-state index contributed by atoms with van der Waals surface area (Å²) in [6, 6.07) is 9.79. The average molecular weight is 277 g/mol. The predicted octanol–water partition coefficient (Wildman–Crippen LogP) is 3.11. The molecule has 1 aromatic rings. The van der Waals surface area contributed by atoms with Gasteiger partial charge in [-0.05, 0) is 38.8 Å². The molecule has 2 nitrogen and oxygen atoms in total. The normalized spacial score (nSPS) is 14.6. The Morgan fingerprint density at radius 3 is 2.21 bits per heavy atom. The molecule has 1 rings (SSSR count). The Kier molecular flexibility index (Phi) is 5.78. The Morgan fingerprint density at radius 1 is 1.16 bits per heavy atom. The topological polar surface area (TPSA) is 29.1 Å². The molecular weight excluding hydrogens is 254 g/mol. The Balaban J connectivity index is 2.81. The molecule has 0 radical (unpaired) electrons. The van der Waals surface area contributed by atoms with Gasteiger partial charge in [0.05, 0.1) is 21.8 Å². The van der Waals surface area contributed by atoms with Crippen LogP contribution in [0.5, 0.6) is 0 Å². The van der Waals surface area contributed by atoms with E-state index in [2.05, 4.69) is 30.4 Å². The highest BCUT2D eigenvalue weighted by Gasteiger charge is 2.23. The standard InChI is InChI=1S/C16H23NOS/c1-13(2)15(17-19(18)16(3,4)5)12-11-14-9-7-6-8-10-14/h6-10,13,15,17H,1-5H3/t15-,19+/m0/s1. The van der Waals surface area contributed by atoms with Gasteiger partial charge in [0.2, 0.25) is 0 Å². The summed E-state index contributed by atoms with van der Waals surface area (Å²) >= 11 is 0. The highest BCUT2D eigenvalue weighted by atomic mass is 32.2. The van der Waals surface area contributed by atoms with E-state index in [9.17, 15) is 4.21 Å². The molecule has 0 fully saturated rings. The van der Waals surface area contributed by atoms with Crippen molar-refractivity contribution in [1.82, 2.24) is 4.72 Å². The van der Waals surface area contributed by atoms with Gasteiger partial charge in [-0.25, -0.2) is 8.93 Å². The molecule has 1 aromatic carbocycles. The van der Waals surface area contributed by atoms with Crippen molar-refractivity contribution in [3.8, 4) is 11.8 Å². The van der Waals surface area contributed by atoms with Gasteiger partial charge in [0.1, 0.15) is 0 Å². The fourth-order valence-corrected chi connectivity index (χ4v) is 2.22. The molecule has 0 aliphatic heterocycles. The zero-order valence-corrected chi connectivity index (χ0v) is 13.2. The van der Waals surface area contributed by atoms with Gasteiger partial charge in [0.15, 0.2) is 0 Å². The maximum Gasteiger partial charge on any atom is 0.0981 e. The molecule has 3 heteroatoms. The molecule has 0 heterocycles. The number of hydrogen-bond acceptors (Lipinski definition) is 1. The van der Waals surface area contributed by atoms with E-state index in [4.69, 9.17) is 0 Å². The lowest BCUT2D eigenvalue weighted by Gasteiger charge is -2.23. The van der Waals surface area contributed by atoms with Crippen LogP contribution in [0.2, 0.25) is 0 Å². The third-order valence-corrected chi connectivity index (χ3v) is 4.18. The molecule has 0 spiro atoms. The summed E-state index contributed by atoms with van der Waals surface area (Å²) in [6.07, 6.45) is 0. The van der Waals surface area contributed by atoms with Crippen molar-refractivity contribution >= 4 is 11.0 Å². The molecule has 0 amide bonds. The third kappa shape index (κ3) is 5.59. The van der Waals surface area contributed by atoms with E-state index < -0.39 is 11.0 Å². The van der Waals surface area contributed by atoms with E-state index >= 15 is 0 Å². The van der Waals surface area contributed by atoms with Crippen LogP contribution in [0.15, 0.2) is 30.3 Å². The van der Waals surface area contributed by atoms with Gasteiger partial charge in [-0.15, -0.1) is 0 Å². The quantitative estimate of drug-likeness (QED) is 0.845. The Bertz CT molecular complexity index is 477. The first-order valence-corrected chi connectivity index (χ1v) is 7.70. The first-order valence-electron chi connectivity index (χ1n) is 6.55. The zero-order valence-electron chi connectivity index (χ0n) is 12.4. The van der Waals surface area contributed by atoms with E-state index in [1.54, 1.807) is 0 Å². The number of benzene rings is 1. The van der Waals surface area contributed by atoms with Crippen LogP contribution in [0.3, 0.4) is 0 Å². The molecule has 104 valence electrons. The van der Waals surface area contributed by atoms with Crippen LogP contribution in [0, 0.1) is 17.8 Å². The van der Waals surface area contributed by atoms with Crippen molar-refractivity contribution in [2.45, 2.75) is 45.4 Å². The van der Waals surface area contributed by atoms with Crippen LogP contribution in [-0.2, 0) is 11.0 Å². The summed E-state index contributed by atoms with van der Waals surface area (Å²) in [4.78, 5) is 0. The summed E-state index contributed by atoms with van der Waals surface area (Å²) in [5.41, 5.74) is 0.983. The smallest absolute Gasteiger partial charge is 0.0981 e. The first kappa shape index (κ1) is 15.9. The second kappa shape index (κ2) is 6.88. The molecule has 2 atom stereocenters. The molecule has 0 bridgehead atoms. The number of hydrogen-bond donors (Lipinski definition) is 1. The van der Waals surface area contributed by atoms with E-state index in [-0.39, 0.29) is 10.8 Å². The zero-order chi connectivity index (χ0) is 14.5. The van der Waals surface area contributed by atoms with Crippen LogP contribution in [0.4, 0.5) is 0 Å². The van der Waals surface area contributed by atoms with E-state index in [1.807, 2.05) is 51.1 Å². The Hall–Kier alpha value is -1.11. The van der Waals surface area contributed by atoms with Crippen LogP contribution in [0.25, 0.3) is 0 Å². The van der Waals surface area contributed by atoms with Crippen molar-refractivity contribution in [1.29, 1.82) is 0 Å². The third-order valence-electron chi connectivity index (χ3n) is 2.60. The largest absolute Gasteiger partial charge is 0.242 e. The molecular formula is C16H23NOS. The maximum atomic E-state index is 12.1. The molecule has 0 saturated carbocycles. The highest BCUT2D eigenvalue weighted by Crippen LogP contribution is 2.11. The van der Waals surface area contributed by atoms with Crippen molar-refractivity contribution < 1.29 is 4.21 Å². The van der Waals surface area contributed by atoms with Crippen molar-refractivity contribution in [2.75, 3.05) is 0 Å². The lowest BCUT2D eigenvalue weighted by Crippen LogP contribution is -2.41. The molecule has 0 aliphatic carbocycles. The fraction of sp³-hybridized carbons (Fsp3) is 0.500. The maximum absolute atomic E-state index is 12.1. The second-order valence-corrected chi connectivity index (χ2v) is 7.85. The SMILES string of the molecule is CC(C)[C@H](C#Cc1ccccc1)N[S@](=O)C(C)(C)C. The predicted molar refractivity (Wildman–Crippen MR) is 83.0 cm³/mol. The number of rotatable bonds is 3. The van der Waals surface area contributed by atoms with Gasteiger partial charge in [-0.1, -0.05) is 43.9 Å². The van der Waals surface area contributed by atoms with Crippen molar-refractivity contribution in [3.05, 3.63) is 35.9 Å². The molecule has 0 aromatic heterocycles. The van der Waals surface area contributed by atoms with Crippen LogP contribution >= 0.6 is 0 Å². The lowest BCUT2D eigenvalue weighted by molar-refractivity contribution is 0.537. The monoisotopic (exact) mass is 277 g/mol. The van der Waals surface area contributed by atoms with E-state index in [0.717, 1.165) is 5.56 Å². The van der Waals surface area contributed by atoms with Gasteiger partial charge in [0, 0.05) is 5.56 Å². The summed E-state index contributed by atoms with van der Waals surface area (Å²) in [5, 5.41) is 0. The highest BCUT2D eigenvalue weighted by molar-refractivity contribution is 7.84. The second-order valence-electron chi connectivity index (χ2n) is 5.86.